The second-order valence-corrected chi connectivity index (χ2v) is 6.66. The van der Waals surface area contributed by atoms with E-state index in [0.717, 1.165) is 5.69 Å². The summed E-state index contributed by atoms with van der Waals surface area (Å²) in [6.07, 6.45) is 3.05. The molecule has 6 nitrogen and oxygen atoms in total. The predicted octanol–water partition coefficient (Wildman–Crippen LogP) is 3.69. The zero-order valence-electron chi connectivity index (χ0n) is 13.9. The molecule has 1 atom stereocenters. The van der Waals surface area contributed by atoms with Crippen molar-refractivity contribution in [2.45, 2.75) is 13.0 Å². The van der Waals surface area contributed by atoms with Crippen LogP contribution in [0.1, 0.15) is 28.5 Å². The number of carbonyl (C=O) groups excluding carboxylic acids is 1. The molecule has 0 unspecified atom stereocenters. The van der Waals surface area contributed by atoms with E-state index in [0.29, 0.717) is 21.6 Å². The average molecular weight is 365 g/mol. The molecule has 0 saturated heterocycles. The van der Waals surface area contributed by atoms with Crippen molar-refractivity contribution in [3.8, 4) is 5.69 Å². The van der Waals surface area contributed by atoms with Crippen LogP contribution in [0.15, 0.2) is 65.0 Å². The van der Waals surface area contributed by atoms with Crippen LogP contribution in [0.4, 0.5) is 0 Å². The molecular weight excluding hydrogens is 350 g/mol. The van der Waals surface area contributed by atoms with Crippen LogP contribution >= 0.6 is 11.3 Å². The first-order valence-corrected chi connectivity index (χ1v) is 8.92. The Hall–Kier alpha value is -3.19. The number of para-hydroxylation sites is 1. The maximum Gasteiger partial charge on any atom is 0.351 e. The normalized spacial score (nSPS) is 12.2. The van der Waals surface area contributed by atoms with E-state index < -0.39 is 12.1 Å². The molecule has 4 aromatic rings. The van der Waals surface area contributed by atoms with Gasteiger partial charge in [0.25, 0.3) is 5.56 Å². The van der Waals surface area contributed by atoms with Gasteiger partial charge < -0.3 is 14.3 Å². The highest BCUT2D eigenvalue weighted by molar-refractivity contribution is 7.12. The molecule has 1 N–H and O–H groups in total. The molecule has 130 valence electrons. The van der Waals surface area contributed by atoms with Gasteiger partial charge >= 0.3 is 5.97 Å². The lowest BCUT2D eigenvalue weighted by Gasteiger charge is -2.13. The molecule has 0 spiro atoms. The lowest BCUT2D eigenvalue weighted by molar-refractivity contribution is 0.0326. The van der Waals surface area contributed by atoms with Crippen LogP contribution in [0, 0.1) is 0 Å². The van der Waals surface area contributed by atoms with Gasteiger partial charge in [0.1, 0.15) is 4.88 Å². The fourth-order valence-corrected chi connectivity index (χ4v) is 3.49. The van der Waals surface area contributed by atoms with Crippen molar-refractivity contribution in [1.29, 1.82) is 0 Å². The third-order valence-corrected chi connectivity index (χ3v) is 4.90. The molecule has 3 heterocycles. The van der Waals surface area contributed by atoms with Crippen molar-refractivity contribution in [3.63, 3.8) is 0 Å². The van der Waals surface area contributed by atoms with E-state index >= 15 is 0 Å². The Balaban J connectivity index is 1.61. The quantitative estimate of drug-likeness (QED) is 0.560. The van der Waals surface area contributed by atoms with Crippen LogP contribution in [-0.4, -0.2) is 20.5 Å². The summed E-state index contributed by atoms with van der Waals surface area (Å²) in [6, 6.07) is 12.7. The minimum Gasteiger partial charge on any atom is -0.450 e. The molecule has 0 aliphatic heterocycles. The molecule has 7 heteroatoms. The van der Waals surface area contributed by atoms with Gasteiger partial charge in [-0.3, -0.25) is 4.79 Å². The van der Waals surface area contributed by atoms with Gasteiger partial charge in [-0.2, -0.15) is 0 Å². The van der Waals surface area contributed by atoms with Gasteiger partial charge in [0.05, 0.1) is 16.6 Å². The second-order valence-electron chi connectivity index (χ2n) is 5.74. The van der Waals surface area contributed by atoms with Crippen LogP contribution in [0.2, 0.25) is 0 Å². The molecule has 0 amide bonds. The molecular formula is C19H15N3O3S. The van der Waals surface area contributed by atoms with Gasteiger partial charge in [-0.1, -0.05) is 12.1 Å². The number of carbonyl (C=O) groups is 1. The Labute approximate surface area is 152 Å². The van der Waals surface area contributed by atoms with Gasteiger partial charge in [-0.15, -0.1) is 11.3 Å². The standard InChI is InChI=1S/C19H15N3O3S/c1-12(17-20-14-7-3-2-6-13(14)18(23)21-17)25-19(24)16-15(8-11-26-16)22-9-4-5-10-22/h2-12H,1H3,(H,20,21,23)/t12-/m1/s1. The summed E-state index contributed by atoms with van der Waals surface area (Å²) in [5.74, 6) is -0.131. The fraction of sp³-hybridized carbons (Fsp3) is 0.105. The first kappa shape index (κ1) is 16.3. The van der Waals surface area contributed by atoms with Crippen molar-refractivity contribution in [2.75, 3.05) is 0 Å². The van der Waals surface area contributed by atoms with Crippen LogP contribution < -0.4 is 5.56 Å². The average Bonchev–Trinajstić information content (AvgIpc) is 3.32. The van der Waals surface area contributed by atoms with Crippen LogP contribution in [0.25, 0.3) is 16.6 Å². The number of nitrogens with zero attached hydrogens (tertiary/aromatic N) is 2. The number of aromatic nitrogens is 3. The Morgan fingerprint density at radius 2 is 1.96 bits per heavy atom. The van der Waals surface area contributed by atoms with Crippen molar-refractivity contribution in [2.24, 2.45) is 0 Å². The third-order valence-electron chi connectivity index (χ3n) is 4.01. The summed E-state index contributed by atoms with van der Waals surface area (Å²) < 4.78 is 7.40. The van der Waals surface area contributed by atoms with Gasteiger partial charge in [0.15, 0.2) is 11.9 Å². The summed E-state index contributed by atoms with van der Waals surface area (Å²) in [5, 5.41) is 2.34. The number of H-pyrrole nitrogens is 1. The first-order valence-electron chi connectivity index (χ1n) is 8.04. The zero-order valence-corrected chi connectivity index (χ0v) is 14.7. The van der Waals surface area contributed by atoms with Gasteiger partial charge in [-0.05, 0) is 42.6 Å². The van der Waals surface area contributed by atoms with Gasteiger partial charge in [0, 0.05) is 12.4 Å². The maximum absolute atomic E-state index is 12.6. The van der Waals surface area contributed by atoms with E-state index in [9.17, 15) is 9.59 Å². The van der Waals surface area contributed by atoms with Gasteiger partial charge in [0.2, 0.25) is 0 Å². The van der Waals surface area contributed by atoms with Crippen LogP contribution in [0.5, 0.6) is 0 Å². The van der Waals surface area contributed by atoms with Gasteiger partial charge in [-0.25, -0.2) is 9.78 Å². The van der Waals surface area contributed by atoms with Crippen LogP contribution in [-0.2, 0) is 4.74 Å². The molecule has 4 rings (SSSR count). The van der Waals surface area contributed by atoms with E-state index in [2.05, 4.69) is 9.97 Å². The zero-order chi connectivity index (χ0) is 18.1. The molecule has 0 saturated carbocycles. The number of hydrogen-bond acceptors (Lipinski definition) is 5. The minimum absolute atomic E-state index is 0.252. The van der Waals surface area contributed by atoms with Crippen molar-refractivity contribution < 1.29 is 9.53 Å². The van der Waals surface area contributed by atoms with E-state index in [4.69, 9.17) is 4.74 Å². The first-order chi connectivity index (χ1) is 12.6. The molecule has 0 aliphatic carbocycles. The fourth-order valence-electron chi connectivity index (χ4n) is 2.72. The highest BCUT2D eigenvalue weighted by atomic mass is 32.1. The summed E-state index contributed by atoms with van der Waals surface area (Å²) in [4.78, 5) is 32.4. The summed E-state index contributed by atoms with van der Waals surface area (Å²) in [5.41, 5.74) is 1.08. The Morgan fingerprint density at radius 1 is 1.19 bits per heavy atom. The Kier molecular flexibility index (Phi) is 4.14. The van der Waals surface area contributed by atoms with E-state index in [1.807, 2.05) is 46.6 Å². The van der Waals surface area contributed by atoms with Crippen molar-refractivity contribution >= 4 is 28.2 Å². The second kappa shape index (κ2) is 6.61. The highest BCUT2D eigenvalue weighted by Crippen LogP contribution is 2.25. The number of ether oxygens (including phenoxy) is 1. The SMILES string of the molecule is C[C@@H](OC(=O)c1sccc1-n1cccc1)c1nc2ccccc2c(=O)[nH]1. The molecule has 0 aliphatic rings. The number of thiophene rings is 1. The predicted molar refractivity (Wildman–Crippen MR) is 99.8 cm³/mol. The largest absolute Gasteiger partial charge is 0.450 e. The van der Waals surface area contributed by atoms with Crippen LogP contribution in [0.3, 0.4) is 0 Å². The van der Waals surface area contributed by atoms with E-state index in [1.165, 1.54) is 11.3 Å². The monoisotopic (exact) mass is 365 g/mol. The number of rotatable bonds is 4. The molecule has 0 fully saturated rings. The molecule has 3 aromatic heterocycles. The lowest BCUT2D eigenvalue weighted by atomic mass is 10.2. The smallest absolute Gasteiger partial charge is 0.351 e. The summed E-state index contributed by atoms with van der Waals surface area (Å²) in [6.45, 7) is 1.69. The topological polar surface area (TPSA) is 77.0 Å². The number of hydrogen-bond donors (Lipinski definition) is 1. The number of benzene rings is 1. The molecule has 0 bridgehead atoms. The molecule has 0 radical (unpaired) electrons. The summed E-state index contributed by atoms with van der Waals surface area (Å²) in [7, 11) is 0. The van der Waals surface area contributed by atoms with E-state index in [-0.39, 0.29) is 5.56 Å². The number of fused-ring (bicyclic) bond motifs is 1. The third kappa shape index (κ3) is 2.93. The number of aromatic amines is 1. The minimum atomic E-state index is -0.681. The highest BCUT2D eigenvalue weighted by Gasteiger charge is 2.21. The summed E-state index contributed by atoms with van der Waals surface area (Å²) >= 11 is 1.31. The van der Waals surface area contributed by atoms with E-state index in [1.54, 1.807) is 25.1 Å². The number of nitrogens with one attached hydrogen (secondary N) is 1. The van der Waals surface area contributed by atoms with Crippen molar-refractivity contribution in [1.82, 2.24) is 14.5 Å². The maximum atomic E-state index is 12.6. The Bertz CT molecular complexity index is 1130. The molecule has 1 aromatic carbocycles. The van der Waals surface area contributed by atoms with Crippen molar-refractivity contribution in [3.05, 3.63) is 81.3 Å². The Morgan fingerprint density at radius 3 is 2.77 bits per heavy atom. The lowest BCUT2D eigenvalue weighted by Crippen LogP contribution is -2.17. The molecule has 26 heavy (non-hydrogen) atoms. The number of esters is 1.